The van der Waals surface area contributed by atoms with E-state index in [0.717, 1.165) is 43.4 Å². The fourth-order valence-corrected chi connectivity index (χ4v) is 8.71. The van der Waals surface area contributed by atoms with E-state index in [1.165, 1.54) is 32.1 Å². The maximum Gasteiger partial charge on any atom is 0.311 e. The molecule has 0 heterocycles. The molecular formula is C25H39N3O4. The van der Waals surface area contributed by atoms with Crippen molar-refractivity contribution in [2.75, 3.05) is 6.54 Å². The molecule has 0 aromatic carbocycles. The third-order valence-electron chi connectivity index (χ3n) is 10.5. The van der Waals surface area contributed by atoms with Gasteiger partial charge >= 0.3 is 11.9 Å². The third kappa shape index (κ3) is 4.02. The van der Waals surface area contributed by atoms with E-state index < -0.39 is 11.9 Å². The van der Waals surface area contributed by atoms with Crippen LogP contribution in [0.4, 0.5) is 0 Å². The highest BCUT2D eigenvalue weighted by atomic mass is 16.5. The quantitative estimate of drug-likeness (QED) is 0.225. The van der Waals surface area contributed by atoms with Crippen LogP contribution in [0.3, 0.4) is 0 Å². The van der Waals surface area contributed by atoms with Crippen molar-refractivity contribution in [2.45, 2.75) is 91.1 Å². The fraction of sp³-hybridized carbons (Fsp3) is 0.920. The first-order valence-electron chi connectivity index (χ1n) is 12.6. The minimum Gasteiger partial charge on any atom is -0.481 e. The summed E-state index contributed by atoms with van der Waals surface area (Å²) in [6, 6.07) is 0. The van der Waals surface area contributed by atoms with Crippen LogP contribution < -0.4 is 0 Å². The minimum absolute atomic E-state index is 0.0388. The number of azide groups is 1. The molecule has 0 aromatic heterocycles. The van der Waals surface area contributed by atoms with Gasteiger partial charge < -0.3 is 9.84 Å². The Balaban J connectivity index is 1.38. The fourth-order valence-electron chi connectivity index (χ4n) is 8.71. The van der Waals surface area contributed by atoms with Crippen LogP contribution in [0.25, 0.3) is 10.4 Å². The number of rotatable bonds is 7. The molecule has 1 N–H and O–H groups in total. The van der Waals surface area contributed by atoms with E-state index in [0.29, 0.717) is 35.0 Å². The molecule has 4 aliphatic carbocycles. The number of esters is 1. The molecule has 4 rings (SSSR count). The van der Waals surface area contributed by atoms with Gasteiger partial charge in [-0.1, -0.05) is 25.9 Å². The van der Waals surface area contributed by atoms with Crippen LogP contribution in [0.2, 0.25) is 0 Å². The van der Waals surface area contributed by atoms with Crippen molar-refractivity contribution in [3.8, 4) is 0 Å². The van der Waals surface area contributed by atoms with Crippen LogP contribution in [0.1, 0.15) is 85.0 Å². The monoisotopic (exact) mass is 445 g/mol. The Labute approximate surface area is 191 Å². The van der Waals surface area contributed by atoms with Gasteiger partial charge in [-0.25, -0.2) is 0 Å². The summed E-state index contributed by atoms with van der Waals surface area (Å²) in [4.78, 5) is 25.6. The second kappa shape index (κ2) is 8.89. The van der Waals surface area contributed by atoms with Gasteiger partial charge in [0.2, 0.25) is 0 Å². The van der Waals surface area contributed by atoms with E-state index in [2.05, 4.69) is 30.8 Å². The van der Waals surface area contributed by atoms with E-state index in [9.17, 15) is 9.59 Å². The number of carboxylic acid groups (broad SMARTS) is 1. The van der Waals surface area contributed by atoms with Crippen molar-refractivity contribution in [3.63, 3.8) is 0 Å². The molecule has 0 radical (unpaired) electrons. The zero-order chi connectivity index (χ0) is 23.1. The molecule has 32 heavy (non-hydrogen) atoms. The van der Waals surface area contributed by atoms with Crippen LogP contribution in [-0.2, 0) is 14.3 Å². The molecular weight excluding hydrogens is 406 g/mol. The maximum atomic E-state index is 11.9. The van der Waals surface area contributed by atoms with Crippen molar-refractivity contribution in [1.82, 2.24) is 0 Å². The summed E-state index contributed by atoms with van der Waals surface area (Å²) in [5.74, 6) is 3.02. The molecule has 178 valence electrons. The maximum absolute atomic E-state index is 11.9. The summed E-state index contributed by atoms with van der Waals surface area (Å²) in [6.07, 6.45) is 10.3. The van der Waals surface area contributed by atoms with Gasteiger partial charge in [-0.15, -0.1) is 0 Å². The lowest BCUT2D eigenvalue weighted by Crippen LogP contribution is -2.61. The largest absolute Gasteiger partial charge is 0.481 e. The predicted molar refractivity (Wildman–Crippen MR) is 121 cm³/mol. The molecule has 0 amide bonds. The number of hydrogen-bond acceptors (Lipinski definition) is 4. The minimum atomic E-state index is -0.674. The van der Waals surface area contributed by atoms with Crippen molar-refractivity contribution in [3.05, 3.63) is 10.4 Å². The van der Waals surface area contributed by atoms with Crippen molar-refractivity contribution in [1.29, 1.82) is 0 Å². The average Bonchev–Trinajstić information content (AvgIpc) is 2.74. The second-order valence-electron chi connectivity index (χ2n) is 11.7. The number of carbonyl (C=O) groups is 2. The number of ether oxygens (including phenoxy) is 1. The molecule has 8 unspecified atom stereocenters. The Morgan fingerprint density at radius 3 is 2.59 bits per heavy atom. The van der Waals surface area contributed by atoms with Crippen molar-refractivity contribution in [2.24, 2.45) is 51.5 Å². The number of aliphatic carboxylic acids is 1. The second-order valence-corrected chi connectivity index (χ2v) is 11.7. The van der Waals surface area contributed by atoms with Gasteiger partial charge in [-0.05, 0) is 110 Å². The number of fused-ring (bicyclic) bond motifs is 5. The molecule has 0 spiro atoms. The Morgan fingerprint density at radius 1 is 1.12 bits per heavy atom. The van der Waals surface area contributed by atoms with Gasteiger partial charge in [0, 0.05) is 11.3 Å². The smallest absolute Gasteiger partial charge is 0.311 e. The topological polar surface area (TPSA) is 112 Å². The zero-order valence-electron chi connectivity index (χ0n) is 19.8. The Morgan fingerprint density at radius 2 is 1.88 bits per heavy atom. The van der Waals surface area contributed by atoms with Gasteiger partial charge in [-0.2, -0.15) is 0 Å². The van der Waals surface area contributed by atoms with Gasteiger partial charge in [0.05, 0.1) is 0 Å². The lowest BCUT2D eigenvalue weighted by atomic mass is 9.37. The molecule has 0 aliphatic heterocycles. The van der Waals surface area contributed by atoms with Crippen LogP contribution in [0.5, 0.6) is 0 Å². The van der Waals surface area contributed by atoms with E-state index in [4.69, 9.17) is 15.4 Å². The molecule has 7 heteroatoms. The molecule has 7 nitrogen and oxygen atoms in total. The highest BCUT2D eigenvalue weighted by molar-refractivity contribution is 5.72. The van der Waals surface area contributed by atoms with Gasteiger partial charge in [0.1, 0.15) is 12.6 Å². The first-order chi connectivity index (χ1) is 15.2. The van der Waals surface area contributed by atoms with E-state index in [1.807, 2.05) is 0 Å². The number of nitrogens with zero attached hydrogens (tertiary/aromatic N) is 3. The predicted octanol–water partition coefficient (Wildman–Crippen LogP) is 5.98. The molecule has 0 saturated heterocycles. The molecule has 4 fully saturated rings. The van der Waals surface area contributed by atoms with Gasteiger partial charge in [0.15, 0.2) is 0 Å². The lowest BCUT2D eigenvalue weighted by molar-refractivity contribution is -0.200. The molecule has 0 bridgehead atoms. The summed E-state index contributed by atoms with van der Waals surface area (Å²) in [5, 5.41) is 12.4. The molecule has 4 saturated carbocycles. The normalized spacial score (nSPS) is 43.3. The SMILES string of the molecule is C[C@H](CCC(=O)O)C1CC2C3CCC4CC(OC(=O)CN=[N+]=[N-])CCC4(C)C3CCC21C. The molecule has 0 aromatic rings. The summed E-state index contributed by atoms with van der Waals surface area (Å²) in [7, 11) is 0. The molecule has 9 atom stereocenters. The first kappa shape index (κ1) is 23.4. The van der Waals surface area contributed by atoms with Gasteiger partial charge in [-0.3, -0.25) is 9.59 Å². The summed E-state index contributed by atoms with van der Waals surface area (Å²) >= 11 is 0. The van der Waals surface area contributed by atoms with E-state index in [1.54, 1.807) is 0 Å². The van der Waals surface area contributed by atoms with E-state index >= 15 is 0 Å². The summed E-state index contributed by atoms with van der Waals surface area (Å²) < 4.78 is 5.62. The highest BCUT2D eigenvalue weighted by Crippen LogP contribution is 2.70. The van der Waals surface area contributed by atoms with Gasteiger partial charge in [0.25, 0.3) is 0 Å². The Kier molecular flexibility index (Phi) is 6.50. The average molecular weight is 446 g/mol. The lowest BCUT2D eigenvalue weighted by Gasteiger charge is -2.68. The number of carboxylic acids is 1. The van der Waals surface area contributed by atoms with Crippen molar-refractivity contribution >= 4 is 11.9 Å². The van der Waals surface area contributed by atoms with Crippen molar-refractivity contribution < 1.29 is 19.4 Å². The van der Waals surface area contributed by atoms with Crippen LogP contribution >= 0.6 is 0 Å². The van der Waals surface area contributed by atoms with Crippen LogP contribution in [-0.4, -0.2) is 29.7 Å². The Bertz CT molecular complexity index is 796. The Hall–Kier alpha value is -1.75. The zero-order valence-corrected chi connectivity index (χ0v) is 19.8. The number of carbonyl (C=O) groups excluding carboxylic acids is 1. The summed E-state index contributed by atoms with van der Waals surface area (Å²) in [6.45, 7) is 7.05. The third-order valence-corrected chi connectivity index (χ3v) is 10.5. The van der Waals surface area contributed by atoms with Crippen LogP contribution in [0.15, 0.2) is 5.11 Å². The van der Waals surface area contributed by atoms with Crippen LogP contribution in [0, 0.1) is 46.3 Å². The van der Waals surface area contributed by atoms with E-state index in [-0.39, 0.29) is 12.6 Å². The number of hydrogen-bond donors (Lipinski definition) is 1. The first-order valence-corrected chi connectivity index (χ1v) is 12.6. The summed E-state index contributed by atoms with van der Waals surface area (Å²) in [5.41, 5.74) is 9.12. The highest BCUT2D eigenvalue weighted by Gasteiger charge is 2.63. The molecule has 4 aliphatic rings. The standard InChI is InChI=1S/C25H39N3O4/c1-15(4-7-22(29)30)20-13-21-18-6-5-16-12-17(32-23(31)14-27-28-26)8-10-24(16,2)19(18)9-11-25(20,21)3/h15-21H,4-14H2,1-3H3,(H,29,30)/t15-,16?,17?,18?,19?,20?,21?,24?,25?/m1/s1.